The molecule has 0 aromatic heterocycles. The predicted octanol–water partition coefficient (Wildman–Crippen LogP) is -3.90. The summed E-state index contributed by atoms with van der Waals surface area (Å²) < 4.78 is 0. The van der Waals surface area contributed by atoms with Gasteiger partial charge in [0, 0.05) is 0 Å². The second-order valence-corrected chi connectivity index (χ2v) is 3.12. The summed E-state index contributed by atoms with van der Waals surface area (Å²) in [5, 5.41) is 36.6. The van der Waals surface area contributed by atoms with Gasteiger partial charge in [0.1, 0.15) is 12.2 Å². The number of rotatable bonds is 0. The van der Waals surface area contributed by atoms with Gasteiger partial charge in [-0.3, -0.25) is 0 Å². The normalized spacial score (nSPS) is 55.5. The first-order valence-corrected chi connectivity index (χ1v) is 3.70. The van der Waals surface area contributed by atoms with E-state index in [-0.39, 0.29) is 0 Å². The number of aliphatic hydroxyl groups excluding tert-OH is 4. The minimum absolute atomic E-state index is 0.918. The van der Waals surface area contributed by atoms with Gasteiger partial charge in [0.25, 0.3) is 0 Å². The van der Waals surface area contributed by atoms with Crippen LogP contribution in [0, 0.1) is 0 Å². The van der Waals surface area contributed by atoms with Crippen LogP contribution in [0.4, 0.5) is 0 Å². The average Bonchev–Trinajstić information content (AvgIpc) is 2.08. The van der Waals surface area contributed by atoms with E-state index in [4.69, 9.17) is 21.7 Å². The number of hydrogen-bond acceptors (Lipinski definition) is 6. The van der Waals surface area contributed by atoms with Gasteiger partial charge in [-0.25, -0.2) is 0 Å². The zero-order chi connectivity index (χ0) is 9.46. The molecule has 1 fully saturated rings. The quantitative estimate of drug-likeness (QED) is 0.224. The smallest absolute Gasteiger partial charge is 0.110 e. The highest BCUT2D eigenvalue weighted by Gasteiger charge is 2.45. The summed E-state index contributed by atoms with van der Waals surface area (Å²) in [5.74, 6) is 0. The zero-order valence-electron chi connectivity index (χ0n) is 6.41. The Kier molecular flexibility index (Phi) is 2.67. The molecule has 0 aliphatic heterocycles. The van der Waals surface area contributed by atoms with Crippen molar-refractivity contribution in [1.82, 2.24) is 0 Å². The maximum Gasteiger partial charge on any atom is 0.110 e. The summed E-state index contributed by atoms with van der Waals surface area (Å²) in [4.78, 5) is 0. The molecule has 0 bridgehead atoms. The van der Waals surface area contributed by atoms with Gasteiger partial charge in [-0.15, -0.1) is 0 Å². The topological polar surface area (TPSA) is 133 Å². The number of hydrogen-bond donors (Lipinski definition) is 6. The maximum absolute atomic E-state index is 9.18. The van der Waals surface area contributed by atoms with Crippen molar-refractivity contribution in [2.45, 2.75) is 36.5 Å². The molecule has 1 saturated carbocycles. The molecule has 0 radical (unpaired) electrons. The molecule has 1 aliphatic carbocycles. The third kappa shape index (κ3) is 1.33. The fraction of sp³-hybridized carbons (Fsp3) is 1.00. The number of nitrogens with two attached hydrogens (primary N) is 2. The van der Waals surface area contributed by atoms with Gasteiger partial charge < -0.3 is 31.9 Å². The van der Waals surface area contributed by atoms with Crippen molar-refractivity contribution in [3.05, 3.63) is 0 Å². The minimum Gasteiger partial charge on any atom is -0.389 e. The molecular weight excluding hydrogens is 164 g/mol. The molecule has 0 spiro atoms. The van der Waals surface area contributed by atoms with Crippen LogP contribution in [0.3, 0.4) is 0 Å². The number of aliphatic hydroxyl groups is 4. The highest BCUT2D eigenvalue weighted by atomic mass is 16.4. The van der Waals surface area contributed by atoms with E-state index in [0.29, 0.717) is 0 Å². The van der Waals surface area contributed by atoms with Gasteiger partial charge in [-0.1, -0.05) is 0 Å². The molecule has 0 heterocycles. The van der Waals surface area contributed by atoms with Crippen molar-refractivity contribution >= 4 is 0 Å². The fourth-order valence-electron chi connectivity index (χ4n) is 1.31. The second-order valence-electron chi connectivity index (χ2n) is 3.12. The first-order chi connectivity index (χ1) is 5.46. The van der Waals surface area contributed by atoms with Crippen molar-refractivity contribution in [3.8, 4) is 0 Å². The van der Waals surface area contributed by atoms with Gasteiger partial charge in [-0.05, 0) is 0 Å². The third-order valence-electron chi connectivity index (χ3n) is 2.28. The Morgan fingerprint density at radius 1 is 0.583 bits per heavy atom. The molecule has 8 N–H and O–H groups in total. The fourth-order valence-corrected chi connectivity index (χ4v) is 1.31. The van der Waals surface area contributed by atoms with Crippen LogP contribution in [0.15, 0.2) is 0 Å². The van der Waals surface area contributed by atoms with Crippen LogP contribution in [-0.2, 0) is 0 Å². The van der Waals surface area contributed by atoms with Crippen LogP contribution in [0.2, 0.25) is 0 Å². The SMILES string of the molecule is N[C@@H]1[C@@H](N)[C@H](O)[C@H](O)[C@@H](O)[C@H]1O. The van der Waals surface area contributed by atoms with Gasteiger partial charge in [0.05, 0.1) is 24.3 Å². The van der Waals surface area contributed by atoms with Crippen molar-refractivity contribution in [2.24, 2.45) is 11.5 Å². The lowest BCUT2D eigenvalue weighted by molar-refractivity contribution is -0.149. The Bertz CT molecular complexity index is 109. The Balaban J connectivity index is 2.76. The van der Waals surface area contributed by atoms with Crippen molar-refractivity contribution in [1.29, 1.82) is 0 Å². The largest absolute Gasteiger partial charge is 0.389 e. The lowest BCUT2D eigenvalue weighted by atomic mass is 9.82. The summed E-state index contributed by atoms with van der Waals surface area (Å²) in [7, 11) is 0. The summed E-state index contributed by atoms with van der Waals surface area (Å²) in [6.45, 7) is 0. The highest BCUT2D eigenvalue weighted by Crippen LogP contribution is 2.18. The van der Waals surface area contributed by atoms with Crippen molar-refractivity contribution in [3.63, 3.8) is 0 Å². The molecule has 72 valence electrons. The standard InChI is InChI=1S/C6H14N2O4/c7-1-2(8)4(10)6(12)5(11)3(1)9/h1-6,9-12H,7-8H2/t1-,2-,3+,4+,5+,6+/m1/s1. The van der Waals surface area contributed by atoms with Crippen LogP contribution in [0.1, 0.15) is 0 Å². The van der Waals surface area contributed by atoms with Crippen LogP contribution in [0.25, 0.3) is 0 Å². The molecule has 0 aromatic carbocycles. The van der Waals surface area contributed by atoms with E-state index < -0.39 is 36.5 Å². The first kappa shape index (κ1) is 9.85. The Hall–Kier alpha value is -0.240. The molecule has 0 saturated heterocycles. The Morgan fingerprint density at radius 3 is 1.08 bits per heavy atom. The van der Waals surface area contributed by atoms with E-state index in [9.17, 15) is 10.2 Å². The molecule has 0 aromatic rings. The minimum atomic E-state index is -1.44. The second kappa shape index (κ2) is 3.25. The zero-order valence-corrected chi connectivity index (χ0v) is 6.41. The summed E-state index contributed by atoms with van der Waals surface area (Å²) >= 11 is 0. The van der Waals surface area contributed by atoms with Gasteiger partial charge in [0.15, 0.2) is 0 Å². The summed E-state index contributed by atoms with van der Waals surface area (Å²) in [6.07, 6.45) is -5.46. The molecule has 6 nitrogen and oxygen atoms in total. The van der Waals surface area contributed by atoms with E-state index in [1.807, 2.05) is 0 Å². The first-order valence-electron chi connectivity index (χ1n) is 3.70. The van der Waals surface area contributed by atoms with Crippen LogP contribution < -0.4 is 11.5 Å². The lowest BCUT2D eigenvalue weighted by Gasteiger charge is -2.40. The molecule has 1 rings (SSSR count). The van der Waals surface area contributed by atoms with Crippen molar-refractivity contribution < 1.29 is 20.4 Å². The van der Waals surface area contributed by atoms with Crippen LogP contribution in [0.5, 0.6) is 0 Å². The van der Waals surface area contributed by atoms with E-state index in [0.717, 1.165) is 0 Å². The summed E-state index contributed by atoms with van der Waals surface area (Å²) in [5.41, 5.74) is 10.7. The maximum atomic E-state index is 9.18. The van der Waals surface area contributed by atoms with Gasteiger partial charge in [-0.2, -0.15) is 0 Å². The monoisotopic (exact) mass is 178 g/mol. The van der Waals surface area contributed by atoms with Gasteiger partial charge >= 0.3 is 0 Å². The van der Waals surface area contributed by atoms with E-state index in [1.54, 1.807) is 0 Å². The van der Waals surface area contributed by atoms with Gasteiger partial charge in [0.2, 0.25) is 0 Å². The molecule has 12 heavy (non-hydrogen) atoms. The van der Waals surface area contributed by atoms with Crippen molar-refractivity contribution in [2.75, 3.05) is 0 Å². The molecule has 0 unspecified atom stereocenters. The Morgan fingerprint density at radius 2 is 0.833 bits per heavy atom. The average molecular weight is 178 g/mol. The van der Waals surface area contributed by atoms with Crippen LogP contribution in [-0.4, -0.2) is 56.9 Å². The van der Waals surface area contributed by atoms with E-state index in [2.05, 4.69) is 0 Å². The van der Waals surface area contributed by atoms with E-state index in [1.165, 1.54) is 0 Å². The molecular formula is C6H14N2O4. The molecule has 6 atom stereocenters. The highest BCUT2D eigenvalue weighted by molar-refractivity contribution is 5.02. The van der Waals surface area contributed by atoms with E-state index >= 15 is 0 Å². The Labute approximate surface area is 69.4 Å². The third-order valence-corrected chi connectivity index (χ3v) is 2.28. The summed E-state index contributed by atoms with van der Waals surface area (Å²) in [6, 6.07) is -1.84. The predicted molar refractivity (Wildman–Crippen MR) is 40.0 cm³/mol. The van der Waals surface area contributed by atoms with Crippen LogP contribution >= 0.6 is 0 Å². The lowest BCUT2D eigenvalue weighted by Crippen LogP contribution is -2.69. The molecule has 1 aliphatic rings. The molecule has 6 heteroatoms. The molecule has 0 amide bonds.